The van der Waals surface area contributed by atoms with Gasteiger partial charge in [-0.3, -0.25) is 9.88 Å². The van der Waals surface area contributed by atoms with E-state index in [1.54, 1.807) is 6.20 Å². The van der Waals surface area contributed by atoms with Gasteiger partial charge in [0.2, 0.25) is 0 Å². The first-order valence-electron chi connectivity index (χ1n) is 11.3. The van der Waals surface area contributed by atoms with Crippen LogP contribution in [-0.2, 0) is 10.2 Å². The minimum Gasteiger partial charge on any atom is -0.444 e. The van der Waals surface area contributed by atoms with E-state index < -0.39 is 11.7 Å². The number of anilines is 2. The van der Waals surface area contributed by atoms with E-state index >= 15 is 0 Å². The van der Waals surface area contributed by atoms with Crippen molar-refractivity contribution >= 4 is 28.6 Å². The third-order valence-electron chi connectivity index (χ3n) is 5.37. The van der Waals surface area contributed by atoms with Gasteiger partial charge in [-0.1, -0.05) is 26.8 Å². The number of hydrogen-bond acceptors (Lipinski definition) is 5. The van der Waals surface area contributed by atoms with Crippen LogP contribution in [0.2, 0.25) is 0 Å². The van der Waals surface area contributed by atoms with Gasteiger partial charge in [-0.25, -0.2) is 14.8 Å². The van der Waals surface area contributed by atoms with E-state index in [0.29, 0.717) is 17.3 Å². The highest BCUT2D eigenvalue weighted by Crippen LogP contribution is 2.34. The number of amides is 1. The van der Waals surface area contributed by atoms with Crippen LogP contribution in [0.25, 0.3) is 28.1 Å². The molecule has 3 N–H and O–H groups in total. The van der Waals surface area contributed by atoms with Crippen LogP contribution < -0.4 is 11.1 Å². The van der Waals surface area contributed by atoms with Gasteiger partial charge in [-0.05, 0) is 80.3 Å². The Morgan fingerprint density at radius 1 is 1.00 bits per heavy atom. The number of aromatic nitrogens is 3. The van der Waals surface area contributed by atoms with Crippen molar-refractivity contribution in [3.63, 3.8) is 0 Å². The molecule has 0 aliphatic rings. The molecular formula is C27H31N5O2. The Hall–Kier alpha value is -3.87. The molecule has 2 heterocycles. The summed E-state index contributed by atoms with van der Waals surface area (Å²) in [6, 6.07) is 17.7. The molecule has 4 aromatic rings. The number of benzene rings is 2. The number of nitrogen functional groups attached to an aromatic ring is 1. The van der Waals surface area contributed by atoms with E-state index in [1.807, 2.05) is 63.2 Å². The number of carbonyl (C=O) groups is 1. The van der Waals surface area contributed by atoms with Gasteiger partial charge in [0, 0.05) is 17.6 Å². The molecule has 0 unspecified atom stereocenters. The lowest BCUT2D eigenvalue weighted by Crippen LogP contribution is -2.27. The predicted octanol–water partition coefficient (Wildman–Crippen LogP) is 6.31. The Morgan fingerprint density at radius 2 is 1.71 bits per heavy atom. The van der Waals surface area contributed by atoms with Crippen molar-refractivity contribution in [2.45, 2.75) is 52.6 Å². The van der Waals surface area contributed by atoms with Crippen LogP contribution in [0.3, 0.4) is 0 Å². The van der Waals surface area contributed by atoms with Crippen LogP contribution in [0.5, 0.6) is 0 Å². The summed E-state index contributed by atoms with van der Waals surface area (Å²) in [6.45, 7) is 12.1. The number of ether oxygens (including phenoxy) is 1. The number of hydrogen-bond donors (Lipinski definition) is 2. The molecule has 176 valence electrons. The summed E-state index contributed by atoms with van der Waals surface area (Å²) in [5.74, 6) is 1.12. The van der Waals surface area contributed by atoms with Crippen LogP contribution in [0.1, 0.15) is 47.1 Å². The van der Waals surface area contributed by atoms with Crippen LogP contribution in [0.4, 0.5) is 16.3 Å². The zero-order valence-corrected chi connectivity index (χ0v) is 20.5. The van der Waals surface area contributed by atoms with Gasteiger partial charge in [-0.15, -0.1) is 0 Å². The van der Waals surface area contributed by atoms with E-state index in [9.17, 15) is 4.79 Å². The fourth-order valence-electron chi connectivity index (χ4n) is 3.71. The second-order valence-corrected chi connectivity index (χ2v) is 10.3. The molecule has 0 saturated heterocycles. The van der Waals surface area contributed by atoms with Crippen molar-refractivity contribution in [2.75, 3.05) is 11.1 Å². The first-order valence-corrected chi connectivity index (χ1v) is 11.3. The third-order valence-corrected chi connectivity index (χ3v) is 5.37. The third kappa shape index (κ3) is 4.88. The van der Waals surface area contributed by atoms with Gasteiger partial charge >= 0.3 is 6.09 Å². The maximum atomic E-state index is 12.2. The highest BCUT2D eigenvalue weighted by molar-refractivity contribution is 5.87. The van der Waals surface area contributed by atoms with Crippen molar-refractivity contribution in [3.05, 3.63) is 66.4 Å². The smallest absolute Gasteiger partial charge is 0.412 e. The van der Waals surface area contributed by atoms with Crippen LogP contribution in [0.15, 0.2) is 60.8 Å². The number of rotatable bonds is 3. The fraction of sp³-hybridized carbons (Fsp3) is 0.296. The second kappa shape index (κ2) is 8.48. The summed E-state index contributed by atoms with van der Waals surface area (Å²) >= 11 is 0. The Labute approximate surface area is 200 Å². The summed E-state index contributed by atoms with van der Waals surface area (Å²) < 4.78 is 7.43. The van der Waals surface area contributed by atoms with Gasteiger partial charge < -0.3 is 10.5 Å². The molecule has 34 heavy (non-hydrogen) atoms. The largest absolute Gasteiger partial charge is 0.444 e. The van der Waals surface area contributed by atoms with Crippen LogP contribution in [-0.4, -0.2) is 26.2 Å². The lowest BCUT2D eigenvalue weighted by Gasteiger charge is -2.20. The molecule has 0 fully saturated rings. The number of fused-ring (bicyclic) bond motifs is 1. The van der Waals surface area contributed by atoms with Crippen LogP contribution in [0, 0.1) is 0 Å². The molecular weight excluding hydrogens is 426 g/mol. The molecule has 0 atom stereocenters. The van der Waals surface area contributed by atoms with E-state index in [4.69, 9.17) is 15.5 Å². The topological polar surface area (TPSA) is 95.1 Å². The number of carbonyl (C=O) groups excluding carboxylic acids is 1. The summed E-state index contributed by atoms with van der Waals surface area (Å²) in [5.41, 5.74) is 11.0. The van der Waals surface area contributed by atoms with E-state index in [0.717, 1.165) is 22.3 Å². The van der Waals surface area contributed by atoms with Crippen LogP contribution >= 0.6 is 0 Å². The molecule has 1 amide bonds. The lowest BCUT2D eigenvalue weighted by molar-refractivity contribution is 0.0636. The standard InChI is InChI=1S/C27H31N5O2/c1-26(2,3)17-9-14-21-22(16-17)32(24(31-21)20-8-7-15-29-23(20)28)19-12-10-18(11-13-19)30-25(33)34-27(4,5)6/h7-16H,1-6H3,(H2,28,29)(H,30,33). The minimum absolute atomic E-state index is 0.0159. The summed E-state index contributed by atoms with van der Waals surface area (Å²) in [5, 5.41) is 2.78. The van der Waals surface area contributed by atoms with E-state index in [-0.39, 0.29) is 5.41 Å². The average Bonchev–Trinajstić information content (AvgIpc) is 3.11. The summed E-state index contributed by atoms with van der Waals surface area (Å²) in [4.78, 5) is 21.3. The van der Waals surface area contributed by atoms with Crippen molar-refractivity contribution in [1.29, 1.82) is 0 Å². The lowest BCUT2D eigenvalue weighted by atomic mass is 9.87. The Kier molecular flexibility index (Phi) is 5.81. The van der Waals surface area contributed by atoms with Gasteiger partial charge in [-0.2, -0.15) is 0 Å². The van der Waals surface area contributed by atoms with Gasteiger partial charge in [0.15, 0.2) is 0 Å². The quantitative estimate of drug-likeness (QED) is 0.376. The number of nitrogens with two attached hydrogens (primary N) is 1. The highest BCUT2D eigenvalue weighted by Gasteiger charge is 2.21. The first kappa shape index (κ1) is 23.3. The number of pyridine rings is 1. The number of nitrogens with zero attached hydrogens (tertiary/aromatic N) is 3. The monoisotopic (exact) mass is 457 g/mol. The Balaban J connectivity index is 1.82. The average molecular weight is 458 g/mol. The molecule has 0 aliphatic carbocycles. The van der Waals surface area contributed by atoms with Gasteiger partial charge in [0.25, 0.3) is 0 Å². The van der Waals surface area contributed by atoms with Crippen molar-refractivity contribution in [1.82, 2.24) is 14.5 Å². The SMILES string of the molecule is CC(C)(C)OC(=O)Nc1ccc(-n2c(-c3cccnc3N)nc3ccc(C(C)(C)C)cc32)cc1. The van der Waals surface area contributed by atoms with Crippen molar-refractivity contribution in [2.24, 2.45) is 0 Å². The van der Waals surface area contributed by atoms with E-state index in [1.165, 1.54) is 5.56 Å². The summed E-state index contributed by atoms with van der Waals surface area (Å²) in [7, 11) is 0. The first-order chi connectivity index (χ1) is 15.9. The minimum atomic E-state index is -0.566. The number of nitrogens with one attached hydrogen (secondary N) is 1. The fourth-order valence-corrected chi connectivity index (χ4v) is 3.71. The molecule has 7 nitrogen and oxygen atoms in total. The molecule has 2 aromatic heterocycles. The molecule has 7 heteroatoms. The molecule has 0 radical (unpaired) electrons. The Morgan fingerprint density at radius 3 is 2.32 bits per heavy atom. The molecule has 4 rings (SSSR count). The van der Waals surface area contributed by atoms with Gasteiger partial charge in [0.05, 0.1) is 16.6 Å². The highest BCUT2D eigenvalue weighted by atomic mass is 16.6. The molecule has 0 bridgehead atoms. The predicted molar refractivity (Wildman–Crippen MR) is 137 cm³/mol. The molecule has 0 saturated carbocycles. The number of imidazole rings is 1. The summed E-state index contributed by atoms with van der Waals surface area (Å²) in [6.07, 6.45) is 1.17. The zero-order chi connectivity index (χ0) is 24.7. The molecule has 0 spiro atoms. The Bertz CT molecular complexity index is 1340. The maximum Gasteiger partial charge on any atom is 0.412 e. The second-order valence-electron chi connectivity index (χ2n) is 10.3. The molecule has 2 aromatic carbocycles. The van der Waals surface area contributed by atoms with Crippen molar-refractivity contribution < 1.29 is 9.53 Å². The van der Waals surface area contributed by atoms with Gasteiger partial charge in [0.1, 0.15) is 17.2 Å². The van der Waals surface area contributed by atoms with Crippen molar-refractivity contribution in [3.8, 4) is 17.1 Å². The van der Waals surface area contributed by atoms with E-state index in [2.05, 4.69) is 47.8 Å². The normalized spacial score (nSPS) is 12.1. The molecule has 0 aliphatic heterocycles. The maximum absolute atomic E-state index is 12.2. The zero-order valence-electron chi connectivity index (χ0n) is 20.5.